The molecular weight excluding hydrogens is 448 g/mol. The summed E-state index contributed by atoms with van der Waals surface area (Å²) in [5.41, 5.74) is 0.335. The van der Waals surface area contributed by atoms with Crippen LogP contribution in [0, 0.1) is 0 Å². The molecule has 0 spiro atoms. The zero-order valence-corrected chi connectivity index (χ0v) is 23.5. The van der Waals surface area contributed by atoms with E-state index < -0.39 is 13.9 Å². The van der Waals surface area contributed by atoms with E-state index in [0.29, 0.717) is 26.1 Å². The number of nitrogens with zero attached hydrogens (tertiary/aromatic N) is 2. The second-order valence-corrected chi connectivity index (χ2v) is 16.4. The van der Waals surface area contributed by atoms with Gasteiger partial charge in [0.05, 0.1) is 12.1 Å². The van der Waals surface area contributed by atoms with Gasteiger partial charge >= 0.3 is 12.2 Å². The smallest absolute Gasteiger partial charge is 0.410 e. The van der Waals surface area contributed by atoms with Gasteiger partial charge in [0.15, 0.2) is 8.32 Å². The Morgan fingerprint density at radius 1 is 1.00 bits per heavy atom. The molecule has 8 heteroatoms. The number of carbonyl (C=O) groups is 2. The summed E-state index contributed by atoms with van der Waals surface area (Å²) in [4.78, 5) is 29.4. The predicted molar refractivity (Wildman–Crippen MR) is 137 cm³/mol. The summed E-state index contributed by atoms with van der Waals surface area (Å²) in [6.07, 6.45) is -0.335. The zero-order valence-electron chi connectivity index (χ0n) is 22.5. The Morgan fingerprint density at radius 2 is 1.62 bits per heavy atom. The molecule has 2 atom stereocenters. The van der Waals surface area contributed by atoms with E-state index in [9.17, 15) is 9.59 Å². The van der Waals surface area contributed by atoms with Crippen molar-refractivity contribution in [2.24, 2.45) is 0 Å². The molecule has 1 saturated heterocycles. The average molecular weight is 493 g/mol. The lowest BCUT2D eigenvalue weighted by molar-refractivity contribution is 0.000969. The van der Waals surface area contributed by atoms with Crippen LogP contribution in [-0.4, -0.2) is 67.7 Å². The molecule has 2 amide bonds. The molecule has 2 rings (SSSR count). The first kappa shape index (κ1) is 28.2. The number of hydrogen-bond acceptors (Lipinski definition) is 5. The summed E-state index contributed by atoms with van der Waals surface area (Å²) in [5.74, 6) is 0. The van der Waals surface area contributed by atoms with Crippen LogP contribution in [0.2, 0.25) is 18.1 Å². The quantitative estimate of drug-likeness (QED) is 0.468. The molecule has 1 aliphatic heterocycles. The Bertz CT molecular complexity index is 817. The van der Waals surface area contributed by atoms with E-state index in [1.54, 1.807) is 9.80 Å². The third-order valence-corrected chi connectivity index (χ3v) is 11.2. The molecule has 192 valence electrons. The lowest BCUT2D eigenvalue weighted by atomic mass is 10.1. The van der Waals surface area contributed by atoms with Gasteiger partial charge in [0, 0.05) is 19.6 Å². The van der Waals surface area contributed by atoms with Crippen molar-refractivity contribution in [2.75, 3.05) is 19.6 Å². The van der Waals surface area contributed by atoms with Crippen LogP contribution < -0.4 is 0 Å². The van der Waals surface area contributed by atoms with Crippen LogP contribution in [-0.2, 0) is 20.5 Å². The summed E-state index contributed by atoms with van der Waals surface area (Å²) < 4.78 is 17.9. The minimum absolute atomic E-state index is 0.0516. The van der Waals surface area contributed by atoms with Gasteiger partial charge in [-0.15, -0.1) is 0 Å². The molecule has 0 bridgehead atoms. The lowest BCUT2D eigenvalue weighted by Gasteiger charge is -2.42. The van der Waals surface area contributed by atoms with Gasteiger partial charge in [0.1, 0.15) is 12.2 Å². The van der Waals surface area contributed by atoms with Crippen LogP contribution in [0.25, 0.3) is 0 Å². The van der Waals surface area contributed by atoms with Crippen molar-refractivity contribution in [2.45, 2.75) is 97.4 Å². The molecule has 0 radical (unpaired) electrons. The van der Waals surface area contributed by atoms with Crippen LogP contribution in [0.1, 0.15) is 60.5 Å². The highest BCUT2D eigenvalue weighted by atomic mass is 28.4. The number of ether oxygens (including phenoxy) is 2. The summed E-state index contributed by atoms with van der Waals surface area (Å²) >= 11 is 0. The van der Waals surface area contributed by atoms with Gasteiger partial charge in [0.25, 0.3) is 0 Å². The van der Waals surface area contributed by atoms with Gasteiger partial charge < -0.3 is 23.7 Å². The molecule has 1 heterocycles. The largest absolute Gasteiger partial charge is 0.445 e. The summed E-state index contributed by atoms with van der Waals surface area (Å²) in [5, 5.41) is 0.0516. The second kappa shape index (κ2) is 11.1. The highest BCUT2D eigenvalue weighted by Gasteiger charge is 2.42. The molecule has 0 unspecified atom stereocenters. The minimum Gasteiger partial charge on any atom is -0.445 e. The predicted octanol–water partition coefficient (Wildman–Crippen LogP) is 6.04. The highest BCUT2D eigenvalue weighted by Crippen LogP contribution is 2.38. The van der Waals surface area contributed by atoms with Gasteiger partial charge in [-0.1, -0.05) is 51.1 Å². The van der Waals surface area contributed by atoms with E-state index in [1.165, 1.54) is 0 Å². The maximum atomic E-state index is 13.2. The van der Waals surface area contributed by atoms with E-state index in [4.69, 9.17) is 13.9 Å². The van der Waals surface area contributed by atoms with Gasteiger partial charge in [0.2, 0.25) is 0 Å². The van der Waals surface area contributed by atoms with Crippen molar-refractivity contribution in [1.82, 2.24) is 9.80 Å². The zero-order chi connectivity index (χ0) is 25.7. The molecule has 1 aliphatic rings. The van der Waals surface area contributed by atoms with Crippen LogP contribution in [0.15, 0.2) is 30.3 Å². The molecule has 1 fully saturated rings. The van der Waals surface area contributed by atoms with Gasteiger partial charge in [-0.3, -0.25) is 0 Å². The number of amides is 2. The second-order valence-electron chi connectivity index (χ2n) is 11.6. The molecule has 0 aliphatic carbocycles. The minimum atomic E-state index is -2.05. The summed E-state index contributed by atoms with van der Waals surface area (Å²) in [6, 6.07) is 9.42. The molecule has 1 aromatic rings. The SMILES string of the molecule is C[C@H](O[Si](C)(C)C(C)(C)C)[C@H]1CCN(C(=O)OCc2ccccc2)CCN1C(=O)OC(C)(C)C. The van der Waals surface area contributed by atoms with E-state index in [1.807, 2.05) is 58.0 Å². The van der Waals surface area contributed by atoms with Crippen molar-refractivity contribution in [3.05, 3.63) is 35.9 Å². The maximum Gasteiger partial charge on any atom is 0.410 e. The number of benzene rings is 1. The van der Waals surface area contributed by atoms with Gasteiger partial charge in [-0.2, -0.15) is 0 Å². The first-order valence-corrected chi connectivity index (χ1v) is 15.1. The molecule has 0 N–H and O–H groups in total. The Kier molecular flexibility index (Phi) is 9.21. The van der Waals surface area contributed by atoms with Crippen molar-refractivity contribution in [3.8, 4) is 0 Å². The van der Waals surface area contributed by atoms with Crippen LogP contribution >= 0.6 is 0 Å². The number of carbonyl (C=O) groups excluding carboxylic acids is 2. The number of hydrogen-bond donors (Lipinski definition) is 0. The lowest BCUT2D eigenvalue weighted by Crippen LogP contribution is -2.53. The topological polar surface area (TPSA) is 68.3 Å². The van der Waals surface area contributed by atoms with Crippen molar-refractivity contribution < 1.29 is 23.5 Å². The van der Waals surface area contributed by atoms with E-state index in [-0.39, 0.29) is 36.0 Å². The van der Waals surface area contributed by atoms with E-state index in [2.05, 4.69) is 33.9 Å². The molecule has 1 aromatic carbocycles. The van der Waals surface area contributed by atoms with E-state index in [0.717, 1.165) is 5.56 Å². The molecule has 7 nitrogen and oxygen atoms in total. The van der Waals surface area contributed by atoms with Crippen molar-refractivity contribution in [3.63, 3.8) is 0 Å². The van der Waals surface area contributed by atoms with E-state index >= 15 is 0 Å². The van der Waals surface area contributed by atoms with Crippen molar-refractivity contribution in [1.29, 1.82) is 0 Å². The number of rotatable bonds is 5. The average Bonchev–Trinajstić information content (AvgIpc) is 2.94. The Hall–Kier alpha value is -2.06. The Balaban J connectivity index is 2.16. The van der Waals surface area contributed by atoms with Crippen LogP contribution in [0.4, 0.5) is 9.59 Å². The fraction of sp³-hybridized carbons (Fsp3) is 0.692. The first-order chi connectivity index (χ1) is 15.6. The third kappa shape index (κ3) is 8.01. The monoisotopic (exact) mass is 492 g/mol. The first-order valence-electron chi connectivity index (χ1n) is 12.2. The maximum absolute atomic E-state index is 13.2. The fourth-order valence-electron chi connectivity index (χ4n) is 3.70. The molecule has 0 aromatic heterocycles. The molecule has 34 heavy (non-hydrogen) atoms. The Labute approximate surface area is 206 Å². The van der Waals surface area contributed by atoms with Crippen molar-refractivity contribution >= 4 is 20.5 Å². The fourth-order valence-corrected chi connectivity index (χ4v) is 5.14. The van der Waals surface area contributed by atoms with Gasteiger partial charge in [-0.05, 0) is 57.8 Å². The standard InChI is InChI=1S/C26H44N2O5Si/c1-20(33-34(8,9)26(5,6)7)22-15-16-27(17-18-28(22)24(30)32-25(2,3)4)23(29)31-19-21-13-11-10-12-14-21/h10-14,20,22H,15-19H2,1-9H3/t20-,22+/m0/s1. The van der Waals surface area contributed by atoms with Crippen LogP contribution in [0.3, 0.4) is 0 Å². The third-order valence-electron chi connectivity index (χ3n) is 6.63. The highest BCUT2D eigenvalue weighted by molar-refractivity contribution is 6.74. The molecular formula is C26H44N2O5Si. The molecule has 0 saturated carbocycles. The summed E-state index contributed by atoms with van der Waals surface area (Å²) in [6.45, 7) is 20.1. The normalized spacial score (nSPS) is 18.8. The van der Waals surface area contributed by atoms with Gasteiger partial charge in [-0.25, -0.2) is 9.59 Å². The summed E-state index contributed by atoms with van der Waals surface area (Å²) in [7, 11) is -2.05. The van der Waals surface area contributed by atoms with Crippen LogP contribution in [0.5, 0.6) is 0 Å². The Morgan fingerprint density at radius 3 is 2.18 bits per heavy atom.